The number of imidazole rings is 1. The molecule has 350 valence electrons. The Kier molecular flexibility index (Phi) is 16.1. The van der Waals surface area contributed by atoms with E-state index < -0.39 is 96.9 Å². The molecule has 6 rings (SSSR count). The molecule has 2 aromatic carbocycles. The van der Waals surface area contributed by atoms with E-state index in [-0.39, 0.29) is 37.7 Å². The molecule has 7 amide bonds. The molecule has 0 aliphatic carbocycles. The number of aromatic nitrogens is 4. The van der Waals surface area contributed by atoms with Crippen LogP contribution in [-0.4, -0.2) is 144 Å². The number of benzene rings is 2. The zero-order valence-corrected chi connectivity index (χ0v) is 36.0. The van der Waals surface area contributed by atoms with Gasteiger partial charge in [0.05, 0.1) is 19.0 Å². The Morgan fingerprint density at radius 1 is 0.848 bits per heavy atom. The van der Waals surface area contributed by atoms with E-state index in [0.29, 0.717) is 28.0 Å². The van der Waals surface area contributed by atoms with Gasteiger partial charge < -0.3 is 61.7 Å². The lowest BCUT2D eigenvalue weighted by Crippen LogP contribution is -2.67. The van der Waals surface area contributed by atoms with Crippen LogP contribution in [0.5, 0.6) is 0 Å². The number of rotatable bonds is 19. The van der Waals surface area contributed by atoms with Crippen molar-refractivity contribution in [2.24, 2.45) is 5.92 Å². The van der Waals surface area contributed by atoms with E-state index in [2.05, 4.69) is 51.8 Å². The maximum Gasteiger partial charge on any atom is 0.408 e. The number of fused-ring (bicyclic) bond motifs is 1. The highest BCUT2D eigenvalue weighted by Gasteiger charge is 2.46. The maximum atomic E-state index is 13.8. The summed E-state index contributed by atoms with van der Waals surface area (Å²) in [7, 11) is 0. The van der Waals surface area contributed by atoms with Crippen molar-refractivity contribution < 1.29 is 58.4 Å². The lowest BCUT2D eigenvalue weighted by molar-refractivity contribution is -0.185. The number of ether oxygens (including phenoxy) is 2. The number of amides is 7. The molecular formula is C43H51N11O12. The molecule has 23 heteroatoms. The number of aliphatic hydroxyl groups is 3. The van der Waals surface area contributed by atoms with Gasteiger partial charge in [0.2, 0.25) is 23.6 Å². The third-order valence-electron chi connectivity index (χ3n) is 10.7. The maximum absolute atomic E-state index is 13.8. The average molecular weight is 914 g/mol. The van der Waals surface area contributed by atoms with Crippen LogP contribution in [0.1, 0.15) is 38.3 Å². The number of carbonyl (C=O) groups excluding carboxylic acids is 7. The topological polar surface area (TPSA) is 329 Å². The number of hydrogen-bond donors (Lipinski definition) is 10. The fraction of sp³-hybridized carbons (Fsp3) is 0.395. The molecule has 0 radical (unpaired) electrons. The summed E-state index contributed by atoms with van der Waals surface area (Å²) in [5.41, 5.74) is 2.29. The van der Waals surface area contributed by atoms with E-state index in [1.807, 2.05) is 0 Å². The normalized spacial score (nSPS) is 20.6. The third kappa shape index (κ3) is 12.3. The molecule has 8 atom stereocenters. The average Bonchev–Trinajstić information content (AvgIpc) is 3.92. The van der Waals surface area contributed by atoms with Crippen LogP contribution in [0.15, 0.2) is 79.4 Å². The molecule has 0 spiro atoms. The number of aliphatic hydroxyl groups excluding tert-OH is 3. The molecule has 1 fully saturated rings. The van der Waals surface area contributed by atoms with Crippen molar-refractivity contribution in [3.63, 3.8) is 0 Å². The second kappa shape index (κ2) is 22.0. The Morgan fingerprint density at radius 2 is 1.56 bits per heavy atom. The molecular weight excluding hydrogens is 863 g/mol. The molecule has 0 bridgehead atoms. The number of aromatic amines is 1. The zero-order chi connectivity index (χ0) is 47.5. The summed E-state index contributed by atoms with van der Waals surface area (Å²) < 4.78 is 11.3. The molecule has 0 unspecified atom stereocenters. The summed E-state index contributed by atoms with van der Waals surface area (Å²) in [6.07, 6.45) is -2.06. The van der Waals surface area contributed by atoms with Crippen molar-refractivity contribution in [1.82, 2.24) is 46.1 Å². The van der Waals surface area contributed by atoms with Gasteiger partial charge in [0.1, 0.15) is 54.9 Å². The minimum absolute atomic E-state index is 0.000797. The standard InChI is InChI=1S/C43H51N11O12/c1-22(2)32(51-29(56)15-16-54-30(57)13-14-31(54)58)41(63)48-23(3)39(61)49-26-11-9-25(10-12-26)19-65-43(64)50-27(17-24-7-5-4-6-8-24)40(62)52-33-28(18-55)66-42(36(60)35(33)59)53-38-34-37(45-20-44-34)46-21-47-38/h4-14,20-23,27-28,32-33,35-36,42,55,59-60H,15-19H2,1-3H3,(H,48,63)(H,49,61)(H,50,64)(H,51,56)(H,52,62)(H2,44,45,46,47,53)/t23-,27+,28-,32-,33-,35+,36-,42-/m0/s1. The second-order valence-corrected chi connectivity index (χ2v) is 15.8. The van der Waals surface area contributed by atoms with Crippen molar-refractivity contribution in [2.75, 3.05) is 23.8 Å². The quantitative estimate of drug-likeness (QED) is 0.0511. The predicted molar refractivity (Wildman–Crippen MR) is 232 cm³/mol. The van der Waals surface area contributed by atoms with Crippen LogP contribution in [0, 0.1) is 5.92 Å². The highest BCUT2D eigenvalue weighted by molar-refractivity contribution is 6.13. The van der Waals surface area contributed by atoms with Crippen LogP contribution in [0.2, 0.25) is 0 Å². The van der Waals surface area contributed by atoms with Gasteiger partial charge in [-0.05, 0) is 36.1 Å². The number of anilines is 2. The second-order valence-electron chi connectivity index (χ2n) is 15.8. The molecule has 0 saturated carbocycles. The smallest absolute Gasteiger partial charge is 0.408 e. The lowest BCUT2D eigenvalue weighted by Gasteiger charge is -2.43. The molecule has 2 aromatic heterocycles. The van der Waals surface area contributed by atoms with Gasteiger partial charge in [-0.25, -0.2) is 19.7 Å². The van der Waals surface area contributed by atoms with Crippen LogP contribution < -0.4 is 31.9 Å². The molecule has 4 heterocycles. The first-order valence-corrected chi connectivity index (χ1v) is 21.0. The summed E-state index contributed by atoms with van der Waals surface area (Å²) >= 11 is 0. The first-order chi connectivity index (χ1) is 31.6. The number of carbonyl (C=O) groups is 7. The zero-order valence-electron chi connectivity index (χ0n) is 36.0. The van der Waals surface area contributed by atoms with E-state index in [9.17, 15) is 48.9 Å². The molecule has 2 aliphatic rings. The Morgan fingerprint density at radius 3 is 2.24 bits per heavy atom. The van der Waals surface area contributed by atoms with Gasteiger partial charge in [-0.15, -0.1) is 0 Å². The fourth-order valence-corrected chi connectivity index (χ4v) is 7.03. The van der Waals surface area contributed by atoms with Gasteiger partial charge in [-0.3, -0.25) is 33.7 Å². The molecule has 1 saturated heterocycles. The molecule has 4 aromatic rings. The molecule has 10 N–H and O–H groups in total. The van der Waals surface area contributed by atoms with Crippen molar-refractivity contribution in [2.45, 2.75) is 88.9 Å². The minimum atomic E-state index is -1.65. The molecule has 2 aliphatic heterocycles. The van der Waals surface area contributed by atoms with Gasteiger partial charge >= 0.3 is 6.09 Å². The Hall–Kier alpha value is -7.34. The number of hydrogen-bond acceptors (Lipinski definition) is 16. The largest absolute Gasteiger partial charge is 0.445 e. The van der Waals surface area contributed by atoms with Crippen molar-refractivity contribution in [3.8, 4) is 0 Å². The Bertz CT molecular complexity index is 2400. The Labute approximate surface area is 377 Å². The Balaban J connectivity index is 0.992. The highest BCUT2D eigenvalue weighted by Crippen LogP contribution is 2.25. The number of nitrogens with one attached hydrogen (secondary N) is 7. The summed E-state index contributed by atoms with van der Waals surface area (Å²) in [5, 5.41) is 48.4. The van der Waals surface area contributed by atoms with Gasteiger partial charge in [0, 0.05) is 37.2 Å². The first kappa shape index (κ1) is 48.1. The van der Waals surface area contributed by atoms with Gasteiger partial charge in [-0.2, -0.15) is 0 Å². The number of alkyl carbamates (subject to hydrolysis) is 1. The summed E-state index contributed by atoms with van der Waals surface area (Å²) in [4.78, 5) is 105. The van der Waals surface area contributed by atoms with Gasteiger partial charge in [-0.1, -0.05) is 56.3 Å². The van der Waals surface area contributed by atoms with Crippen LogP contribution in [0.4, 0.5) is 16.3 Å². The van der Waals surface area contributed by atoms with Crippen LogP contribution in [0.25, 0.3) is 11.2 Å². The summed E-state index contributed by atoms with van der Waals surface area (Å²) in [5.74, 6) is -3.71. The minimum Gasteiger partial charge on any atom is -0.445 e. The fourth-order valence-electron chi connectivity index (χ4n) is 7.03. The molecule has 23 nitrogen and oxygen atoms in total. The summed E-state index contributed by atoms with van der Waals surface area (Å²) in [6.45, 7) is 3.82. The van der Waals surface area contributed by atoms with Crippen LogP contribution >= 0.6 is 0 Å². The van der Waals surface area contributed by atoms with Crippen LogP contribution in [0.3, 0.4) is 0 Å². The van der Waals surface area contributed by atoms with Crippen LogP contribution in [-0.2, 0) is 51.3 Å². The van der Waals surface area contributed by atoms with E-state index in [1.165, 1.54) is 19.6 Å². The molecule has 66 heavy (non-hydrogen) atoms. The predicted octanol–water partition coefficient (Wildman–Crippen LogP) is -0.875. The highest BCUT2D eigenvalue weighted by atomic mass is 16.6. The monoisotopic (exact) mass is 913 g/mol. The van der Waals surface area contributed by atoms with Crippen molar-refractivity contribution >= 4 is 64.2 Å². The lowest BCUT2D eigenvalue weighted by atomic mass is 9.94. The number of imide groups is 1. The first-order valence-electron chi connectivity index (χ1n) is 21.0. The number of nitrogens with zero attached hydrogens (tertiary/aromatic N) is 4. The van der Waals surface area contributed by atoms with E-state index in [1.54, 1.807) is 68.4 Å². The van der Waals surface area contributed by atoms with E-state index in [4.69, 9.17) is 9.47 Å². The van der Waals surface area contributed by atoms with Crippen molar-refractivity contribution in [1.29, 1.82) is 0 Å². The van der Waals surface area contributed by atoms with Crippen molar-refractivity contribution in [3.05, 3.63) is 90.5 Å². The van der Waals surface area contributed by atoms with Gasteiger partial charge in [0.15, 0.2) is 17.7 Å². The SMILES string of the molecule is CC(C)[C@H](NC(=O)CCN1C(=O)C=CC1=O)C(=O)N[C@@H](C)C(=O)Nc1ccc(COC(=O)N[C@H](Cc2ccccc2)C(=O)N[C@@H]2[C@@H](O)[C@H](O)[C@@H](Nc3ncnc4nc[nH]c34)O[C@H]2CO)cc1. The van der Waals surface area contributed by atoms with Gasteiger partial charge in [0.25, 0.3) is 11.8 Å². The van der Waals surface area contributed by atoms with E-state index >= 15 is 0 Å². The third-order valence-corrected chi connectivity index (χ3v) is 10.7. The summed E-state index contributed by atoms with van der Waals surface area (Å²) in [6, 6.07) is 10.4. The van der Waals surface area contributed by atoms with E-state index in [0.717, 1.165) is 17.1 Å². The number of H-pyrrole nitrogens is 1.